The lowest BCUT2D eigenvalue weighted by Gasteiger charge is -2.30. The van der Waals surface area contributed by atoms with E-state index in [0.717, 1.165) is 10.4 Å². The summed E-state index contributed by atoms with van der Waals surface area (Å²) in [5.74, 6) is 0.224. The van der Waals surface area contributed by atoms with E-state index >= 15 is 0 Å². The number of thiophene rings is 1. The van der Waals surface area contributed by atoms with E-state index in [1.165, 1.54) is 5.56 Å². The molecule has 7 heteroatoms. The fourth-order valence-electron chi connectivity index (χ4n) is 3.34. The van der Waals surface area contributed by atoms with Crippen molar-refractivity contribution in [1.29, 1.82) is 0 Å². The fourth-order valence-corrected chi connectivity index (χ4v) is 4.39. The van der Waals surface area contributed by atoms with E-state index in [9.17, 15) is 9.59 Å². The predicted octanol–water partition coefficient (Wildman–Crippen LogP) is 5.55. The second-order valence-electron chi connectivity index (χ2n) is 8.12. The third-order valence-electron chi connectivity index (χ3n) is 5.30. The molecule has 0 aliphatic carbocycles. The number of hydrogen-bond acceptors (Lipinski definition) is 4. The maximum atomic E-state index is 13.4. The van der Waals surface area contributed by atoms with Crippen molar-refractivity contribution < 1.29 is 14.3 Å². The Morgan fingerprint density at radius 1 is 0.970 bits per heavy atom. The molecule has 0 radical (unpaired) electrons. The van der Waals surface area contributed by atoms with Crippen LogP contribution < -0.4 is 4.74 Å². The second kappa shape index (κ2) is 11.9. The van der Waals surface area contributed by atoms with E-state index in [-0.39, 0.29) is 31.0 Å². The SMILES string of the molecule is Cc1ccsc1CN(Cc1ccccc1)C(=O)CN(C(=O)COc1ccc(Cl)cc1)C(C)C. The van der Waals surface area contributed by atoms with Gasteiger partial charge in [0, 0.05) is 22.5 Å². The third-order valence-corrected chi connectivity index (χ3v) is 6.56. The molecule has 0 saturated heterocycles. The monoisotopic (exact) mass is 484 g/mol. The van der Waals surface area contributed by atoms with E-state index in [1.807, 2.05) is 54.5 Å². The molecule has 5 nitrogen and oxygen atoms in total. The lowest BCUT2D eigenvalue weighted by atomic mass is 10.2. The third kappa shape index (κ3) is 7.34. The zero-order valence-electron chi connectivity index (χ0n) is 19.2. The topological polar surface area (TPSA) is 49.9 Å². The molecule has 0 aliphatic rings. The summed E-state index contributed by atoms with van der Waals surface area (Å²) >= 11 is 7.54. The van der Waals surface area contributed by atoms with E-state index in [0.29, 0.717) is 23.9 Å². The van der Waals surface area contributed by atoms with Gasteiger partial charge in [0.1, 0.15) is 12.3 Å². The molecule has 0 bridgehead atoms. The lowest BCUT2D eigenvalue weighted by molar-refractivity contribution is -0.143. The summed E-state index contributed by atoms with van der Waals surface area (Å²) < 4.78 is 5.62. The average Bonchev–Trinajstić information content (AvgIpc) is 3.21. The number of halogens is 1. The van der Waals surface area contributed by atoms with Crippen LogP contribution in [0.2, 0.25) is 5.02 Å². The van der Waals surface area contributed by atoms with Crippen molar-refractivity contribution in [3.05, 3.63) is 87.1 Å². The Morgan fingerprint density at radius 3 is 2.27 bits per heavy atom. The van der Waals surface area contributed by atoms with Gasteiger partial charge in [0.2, 0.25) is 5.91 Å². The molecule has 0 N–H and O–H groups in total. The molecule has 3 aromatic rings. The van der Waals surface area contributed by atoms with Gasteiger partial charge in [0.15, 0.2) is 6.61 Å². The van der Waals surface area contributed by atoms with Crippen LogP contribution in [0.4, 0.5) is 0 Å². The van der Waals surface area contributed by atoms with Crippen LogP contribution in [0.3, 0.4) is 0 Å². The molecule has 0 saturated carbocycles. The van der Waals surface area contributed by atoms with Gasteiger partial charge >= 0.3 is 0 Å². The highest BCUT2D eigenvalue weighted by Gasteiger charge is 2.24. The van der Waals surface area contributed by atoms with Crippen molar-refractivity contribution in [3.63, 3.8) is 0 Å². The number of carbonyl (C=O) groups excluding carboxylic acids is 2. The zero-order chi connectivity index (χ0) is 23.8. The minimum Gasteiger partial charge on any atom is -0.484 e. The molecule has 174 valence electrons. The van der Waals surface area contributed by atoms with E-state index in [4.69, 9.17) is 16.3 Å². The molecule has 0 atom stereocenters. The first kappa shape index (κ1) is 24.8. The standard InChI is InChI=1S/C26H29ClN2O3S/c1-19(2)29(26(31)18-32-23-11-9-22(27)10-12-23)17-25(30)28(15-21-7-5-4-6-8-21)16-24-20(3)13-14-33-24/h4-14,19H,15-18H2,1-3H3. The van der Waals surface area contributed by atoms with Crippen molar-refractivity contribution in [3.8, 4) is 5.75 Å². The van der Waals surface area contributed by atoms with Gasteiger partial charge in [-0.2, -0.15) is 0 Å². The molecule has 2 aromatic carbocycles. The summed E-state index contributed by atoms with van der Waals surface area (Å²) in [7, 11) is 0. The Hall–Kier alpha value is -2.83. The van der Waals surface area contributed by atoms with Gasteiger partial charge in [0.05, 0.1) is 6.54 Å². The Balaban J connectivity index is 1.70. The first-order valence-electron chi connectivity index (χ1n) is 10.9. The number of nitrogens with zero attached hydrogens (tertiary/aromatic N) is 2. The quantitative estimate of drug-likeness (QED) is 0.379. The summed E-state index contributed by atoms with van der Waals surface area (Å²) in [6, 6.07) is 18.7. The molecular weight excluding hydrogens is 456 g/mol. The molecule has 2 amide bonds. The number of carbonyl (C=O) groups is 2. The largest absolute Gasteiger partial charge is 0.484 e. The number of hydrogen-bond donors (Lipinski definition) is 0. The van der Waals surface area contributed by atoms with Crippen molar-refractivity contribution in [1.82, 2.24) is 9.80 Å². The highest BCUT2D eigenvalue weighted by Crippen LogP contribution is 2.20. The summed E-state index contributed by atoms with van der Waals surface area (Å²) in [6.07, 6.45) is 0. The van der Waals surface area contributed by atoms with Gasteiger partial charge in [-0.25, -0.2) is 0 Å². The molecule has 1 aromatic heterocycles. The van der Waals surface area contributed by atoms with Crippen LogP contribution in [0.25, 0.3) is 0 Å². The summed E-state index contributed by atoms with van der Waals surface area (Å²) in [5, 5.41) is 2.64. The van der Waals surface area contributed by atoms with E-state index in [1.54, 1.807) is 40.5 Å². The van der Waals surface area contributed by atoms with Gasteiger partial charge in [-0.3, -0.25) is 9.59 Å². The maximum absolute atomic E-state index is 13.4. The maximum Gasteiger partial charge on any atom is 0.261 e. The van der Waals surface area contributed by atoms with Crippen molar-refractivity contribution in [2.45, 2.75) is 39.9 Å². The van der Waals surface area contributed by atoms with Crippen LogP contribution in [-0.2, 0) is 22.7 Å². The smallest absolute Gasteiger partial charge is 0.261 e. The van der Waals surface area contributed by atoms with Crippen molar-refractivity contribution in [2.75, 3.05) is 13.2 Å². The molecule has 0 aliphatic heterocycles. The second-order valence-corrected chi connectivity index (χ2v) is 9.56. The molecule has 33 heavy (non-hydrogen) atoms. The Kier molecular flexibility index (Phi) is 8.92. The van der Waals surface area contributed by atoms with Gasteiger partial charge in [-0.05, 0) is 67.6 Å². The Bertz CT molecular complexity index is 1050. The highest BCUT2D eigenvalue weighted by molar-refractivity contribution is 7.10. The first-order chi connectivity index (χ1) is 15.8. The van der Waals surface area contributed by atoms with Crippen LogP contribution >= 0.6 is 22.9 Å². The number of amides is 2. The highest BCUT2D eigenvalue weighted by atomic mass is 35.5. The minimum atomic E-state index is -0.236. The molecule has 0 spiro atoms. The first-order valence-corrected chi connectivity index (χ1v) is 12.1. The summed E-state index contributed by atoms with van der Waals surface area (Å²) in [4.78, 5) is 30.8. The van der Waals surface area contributed by atoms with Crippen LogP contribution in [0.1, 0.15) is 29.9 Å². The van der Waals surface area contributed by atoms with Gasteiger partial charge < -0.3 is 14.5 Å². The summed E-state index contributed by atoms with van der Waals surface area (Å²) in [6.45, 7) is 6.70. The van der Waals surface area contributed by atoms with Crippen LogP contribution in [0.5, 0.6) is 5.75 Å². The number of aryl methyl sites for hydroxylation is 1. The number of ether oxygens (including phenoxy) is 1. The van der Waals surface area contributed by atoms with Crippen LogP contribution in [-0.4, -0.2) is 40.8 Å². The molecule has 1 heterocycles. The van der Waals surface area contributed by atoms with Crippen molar-refractivity contribution in [2.24, 2.45) is 0 Å². The van der Waals surface area contributed by atoms with E-state index in [2.05, 4.69) is 13.0 Å². The fraction of sp³-hybridized carbons (Fsp3) is 0.308. The number of benzene rings is 2. The molecule has 0 fully saturated rings. The predicted molar refractivity (Wildman–Crippen MR) is 134 cm³/mol. The average molecular weight is 485 g/mol. The van der Waals surface area contributed by atoms with Gasteiger partial charge in [-0.1, -0.05) is 41.9 Å². The molecule has 0 unspecified atom stereocenters. The van der Waals surface area contributed by atoms with E-state index < -0.39 is 0 Å². The number of rotatable bonds is 10. The minimum absolute atomic E-state index is 0.00225. The van der Waals surface area contributed by atoms with Gasteiger partial charge in [0.25, 0.3) is 5.91 Å². The van der Waals surface area contributed by atoms with Crippen LogP contribution in [0, 0.1) is 6.92 Å². The normalized spacial score (nSPS) is 10.8. The lowest BCUT2D eigenvalue weighted by Crippen LogP contribution is -2.47. The molecule has 3 rings (SSSR count). The Morgan fingerprint density at radius 2 is 1.67 bits per heavy atom. The Labute approximate surface area is 204 Å². The van der Waals surface area contributed by atoms with Crippen LogP contribution in [0.15, 0.2) is 66.0 Å². The van der Waals surface area contributed by atoms with Crippen molar-refractivity contribution >= 4 is 34.8 Å². The molecular formula is C26H29ClN2O3S. The zero-order valence-corrected chi connectivity index (χ0v) is 20.7. The summed E-state index contributed by atoms with van der Waals surface area (Å²) in [5.41, 5.74) is 2.22. The van der Waals surface area contributed by atoms with Gasteiger partial charge in [-0.15, -0.1) is 11.3 Å².